The van der Waals surface area contributed by atoms with Gasteiger partial charge in [0.2, 0.25) is 0 Å². The number of nitrogens with zero attached hydrogens (tertiary/aromatic N) is 4. The SMILES string of the molecule is CCn1c(=O)[nH]c2cc(CN3CCC(N(C)c4ccc(C(=O)NC)nc4)C3)ccc2c1=S. The highest BCUT2D eigenvalue weighted by atomic mass is 32.1. The van der Waals surface area contributed by atoms with Gasteiger partial charge in [-0.3, -0.25) is 14.3 Å². The molecular formula is C23H28N6O2S. The molecule has 0 spiro atoms. The highest BCUT2D eigenvalue weighted by Crippen LogP contribution is 2.23. The first-order valence-electron chi connectivity index (χ1n) is 10.8. The number of hydrogen-bond acceptors (Lipinski definition) is 6. The van der Waals surface area contributed by atoms with Crippen LogP contribution in [0.25, 0.3) is 10.9 Å². The van der Waals surface area contributed by atoms with Gasteiger partial charge >= 0.3 is 5.69 Å². The average molecular weight is 453 g/mol. The molecule has 3 aromatic rings. The first kappa shape index (κ1) is 22.2. The van der Waals surface area contributed by atoms with Crippen molar-refractivity contribution >= 4 is 34.7 Å². The van der Waals surface area contributed by atoms with Crippen molar-refractivity contribution < 1.29 is 4.79 Å². The quantitative estimate of drug-likeness (QED) is 0.559. The van der Waals surface area contributed by atoms with Gasteiger partial charge in [-0.15, -0.1) is 0 Å². The van der Waals surface area contributed by atoms with Crippen LogP contribution in [0.5, 0.6) is 0 Å². The third-order valence-electron chi connectivity index (χ3n) is 6.18. The Morgan fingerprint density at radius 1 is 1.34 bits per heavy atom. The topological polar surface area (TPSA) is 86.3 Å². The van der Waals surface area contributed by atoms with E-state index >= 15 is 0 Å². The Morgan fingerprint density at radius 3 is 2.84 bits per heavy atom. The second kappa shape index (κ2) is 9.22. The van der Waals surface area contributed by atoms with Crippen molar-refractivity contribution in [2.24, 2.45) is 0 Å². The van der Waals surface area contributed by atoms with Gasteiger partial charge in [0, 0.05) is 51.7 Å². The Hall–Kier alpha value is -3.04. The molecule has 1 saturated heterocycles. The fourth-order valence-corrected chi connectivity index (χ4v) is 4.68. The zero-order chi connectivity index (χ0) is 22.8. The molecule has 9 heteroatoms. The third kappa shape index (κ3) is 4.31. The summed E-state index contributed by atoms with van der Waals surface area (Å²) in [5.41, 5.74) is 3.18. The Morgan fingerprint density at radius 2 is 2.16 bits per heavy atom. The summed E-state index contributed by atoms with van der Waals surface area (Å²) in [7, 11) is 3.67. The van der Waals surface area contributed by atoms with E-state index in [2.05, 4.69) is 38.2 Å². The van der Waals surface area contributed by atoms with Crippen LogP contribution in [0.2, 0.25) is 0 Å². The minimum Gasteiger partial charge on any atom is -0.369 e. The second-order valence-corrected chi connectivity index (χ2v) is 8.52. The van der Waals surface area contributed by atoms with Gasteiger partial charge < -0.3 is 15.2 Å². The van der Waals surface area contributed by atoms with Gasteiger partial charge in [-0.25, -0.2) is 9.78 Å². The Balaban J connectivity index is 1.44. The Kier molecular flexibility index (Phi) is 6.38. The van der Waals surface area contributed by atoms with Crippen LogP contribution >= 0.6 is 12.2 Å². The summed E-state index contributed by atoms with van der Waals surface area (Å²) in [5, 5.41) is 3.49. The number of rotatable bonds is 6. The molecule has 1 amide bonds. The largest absolute Gasteiger partial charge is 0.369 e. The molecule has 2 N–H and O–H groups in total. The molecule has 1 atom stereocenters. The van der Waals surface area contributed by atoms with Crippen LogP contribution < -0.4 is 15.9 Å². The first-order chi connectivity index (χ1) is 15.4. The van der Waals surface area contributed by atoms with Crippen LogP contribution in [-0.4, -0.2) is 58.6 Å². The maximum atomic E-state index is 12.3. The van der Waals surface area contributed by atoms with Crippen LogP contribution in [0.3, 0.4) is 0 Å². The van der Waals surface area contributed by atoms with Crippen molar-refractivity contribution in [3.8, 4) is 0 Å². The fraction of sp³-hybridized carbons (Fsp3) is 0.391. The smallest absolute Gasteiger partial charge is 0.326 e. The summed E-state index contributed by atoms with van der Waals surface area (Å²) >= 11 is 5.49. The lowest BCUT2D eigenvalue weighted by Crippen LogP contribution is -2.34. The summed E-state index contributed by atoms with van der Waals surface area (Å²) in [5.74, 6) is -0.185. The predicted octanol–water partition coefficient (Wildman–Crippen LogP) is 2.54. The van der Waals surface area contributed by atoms with Gasteiger partial charge in [-0.05, 0) is 43.2 Å². The summed E-state index contributed by atoms with van der Waals surface area (Å²) in [6.07, 6.45) is 2.80. The van der Waals surface area contributed by atoms with Crippen molar-refractivity contribution in [3.63, 3.8) is 0 Å². The number of benzene rings is 1. The number of H-pyrrole nitrogens is 1. The van der Waals surface area contributed by atoms with Gasteiger partial charge in [0.1, 0.15) is 10.3 Å². The van der Waals surface area contributed by atoms with Crippen LogP contribution in [0.4, 0.5) is 5.69 Å². The molecule has 0 aliphatic carbocycles. The van der Waals surface area contributed by atoms with E-state index in [-0.39, 0.29) is 11.6 Å². The maximum absolute atomic E-state index is 12.3. The first-order valence-corrected chi connectivity index (χ1v) is 11.2. The monoisotopic (exact) mass is 452 g/mol. The van der Waals surface area contributed by atoms with Crippen molar-refractivity contribution in [2.45, 2.75) is 32.5 Å². The molecule has 3 heterocycles. The lowest BCUT2D eigenvalue weighted by Gasteiger charge is -2.27. The number of hydrogen-bond donors (Lipinski definition) is 2. The third-order valence-corrected chi connectivity index (χ3v) is 6.62. The molecule has 1 aromatic carbocycles. The van der Waals surface area contributed by atoms with E-state index in [1.165, 1.54) is 0 Å². The maximum Gasteiger partial charge on any atom is 0.326 e. The van der Waals surface area contributed by atoms with Crippen LogP contribution in [0.1, 0.15) is 29.4 Å². The number of aromatic amines is 1. The number of anilines is 1. The van der Waals surface area contributed by atoms with E-state index in [4.69, 9.17) is 12.2 Å². The highest BCUT2D eigenvalue weighted by Gasteiger charge is 2.26. The normalized spacial score (nSPS) is 16.4. The van der Waals surface area contributed by atoms with E-state index in [9.17, 15) is 9.59 Å². The molecule has 0 saturated carbocycles. The van der Waals surface area contributed by atoms with Crippen LogP contribution in [0, 0.1) is 4.64 Å². The lowest BCUT2D eigenvalue weighted by atomic mass is 10.1. The molecule has 168 valence electrons. The molecule has 1 aliphatic rings. The van der Waals surface area contributed by atoms with Gasteiger partial charge in [-0.1, -0.05) is 18.3 Å². The number of pyridine rings is 1. The van der Waals surface area contributed by atoms with Gasteiger partial charge in [-0.2, -0.15) is 0 Å². The lowest BCUT2D eigenvalue weighted by molar-refractivity contribution is 0.0958. The highest BCUT2D eigenvalue weighted by molar-refractivity contribution is 7.71. The minimum absolute atomic E-state index is 0.166. The summed E-state index contributed by atoms with van der Waals surface area (Å²) in [6.45, 7) is 5.20. The molecule has 1 aliphatic heterocycles. The summed E-state index contributed by atoms with van der Waals surface area (Å²) in [6, 6.07) is 10.2. The number of amides is 1. The minimum atomic E-state index is -0.185. The molecular weight excluding hydrogens is 424 g/mol. The number of likely N-dealkylation sites (tertiary alicyclic amines) is 1. The van der Waals surface area contributed by atoms with Crippen LogP contribution in [0.15, 0.2) is 41.3 Å². The van der Waals surface area contributed by atoms with Crippen molar-refractivity contribution in [3.05, 3.63) is 62.9 Å². The van der Waals surface area contributed by atoms with Crippen LogP contribution in [-0.2, 0) is 13.1 Å². The molecule has 4 rings (SSSR count). The Bertz CT molecular complexity index is 1250. The van der Waals surface area contributed by atoms with Gasteiger partial charge in [0.15, 0.2) is 0 Å². The van der Waals surface area contributed by atoms with E-state index in [1.54, 1.807) is 23.9 Å². The molecule has 2 aromatic heterocycles. The van der Waals surface area contributed by atoms with Gasteiger partial charge in [0.05, 0.1) is 17.4 Å². The second-order valence-electron chi connectivity index (χ2n) is 8.13. The molecule has 8 nitrogen and oxygen atoms in total. The zero-order valence-electron chi connectivity index (χ0n) is 18.6. The Labute approximate surface area is 191 Å². The van der Waals surface area contributed by atoms with E-state index < -0.39 is 0 Å². The van der Waals surface area contributed by atoms with Gasteiger partial charge in [0.25, 0.3) is 5.91 Å². The molecule has 1 fully saturated rings. The average Bonchev–Trinajstić information content (AvgIpc) is 3.26. The standard InChI is InChI=1S/C23H28N6O2S/c1-4-29-22(32)18-7-5-15(11-20(18)26-23(29)31)13-28-10-9-17(14-28)27(3)16-6-8-19(25-12-16)21(30)24-2/h5-8,11-12,17H,4,9-10,13-14H2,1-3H3,(H,24,30)(H,26,31). The number of aromatic nitrogens is 3. The number of nitrogens with one attached hydrogen (secondary N) is 2. The number of likely N-dealkylation sites (N-methyl/N-ethyl adjacent to an activating group) is 1. The van der Waals surface area contributed by atoms with Crippen molar-refractivity contribution in [1.29, 1.82) is 0 Å². The number of carbonyl (C=O) groups is 1. The van der Waals surface area contributed by atoms with Crippen molar-refractivity contribution in [2.75, 3.05) is 32.1 Å². The van der Waals surface area contributed by atoms with E-state index in [0.29, 0.717) is 22.9 Å². The van der Waals surface area contributed by atoms with E-state index in [1.807, 2.05) is 25.1 Å². The number of carbonyl (C=O) groups excluding carboxylic acids is 1. The summed E-state index contributed by atoms with van der Waals surface area (Å²) < 4.78 is 2.16. The van der Waals surface area contributed by atoms with E-state index in [0.717, 1.165) is 48.2 Å². The molecule has 32 heavy (non-hydrogen) atoms. The zero-order valence-corrected chi connectivity index (χ0v) is 19.4. The molecule has 0 radical (unpaired) electrons. The molecule has 1 unspecified atom stereocenters. The summed E-state index contributed by atoms with van der Waals surface area (Å²) in [4.78, 5) is 35.8. The predicted molar refractivity (Wildman–Crippen MR) is 129 cm³/mol. The van der Waals surface area contributed by atoms with Crippen molar-refractivity contribution in [1.82, 2.24) is 24.8 Å². The molecule has 0 bridgehead atoms. The fourth-order valence-electron chi connectivity index (χ4n) is 4.29. The number of fused-ring (bicyclic) bond motifs is 1.